The van der Waals surface area contributed by atoms with Crippen LogP contribution in [0.5, 0.6) is 0 Å². The maximum Gasteiger partial charge on any atom is 0.172 e. The van der Waals surface area contributed by atoms with Gasteiger partial charge in [0.15, 0.2) is 23.3 Å². The van der Waals surface area contributed by atoms with Crippen LogP contribution in [0.4, 0.5) is 4.39 Å². The SMILES string of the molecule is O=Cc1cc2oc3c(F)cccc3c2[nH]1. The van der Waals surface area contributed by atoms with E-state index in [-0.39, 0.29) is 5.58 Å². The molecule has 1 aromatic carbocycles. The van der Waals surface area contributed by atoms with E-state index in [0.717, 1.165) is 0 Å². The predicted molar refractivity (Wildman–Crippen MR) is 53.4 cm³/mol. The number of aldehydes is 1. The molecule has 4 heteroatoms. The van der Waals surface area contributed by atoms with E-state index in [0.29, 0.717) is 28.5 Å². The van der Waals surface area contributed by atoms with Gasteiger partial charge in [-0.15, -0.1) is 0 Å². The number of aromatic nitrogens is 1. The average Bonchev–Trinajstić information content (AvgIpc) is 2.76. The molecule has 3 nitrogen and oxygen atoms in total. The fraction of sp³-hybridized carbons (Fsp3) is 0. The van der Waals surface area contributed by atoms with Gasteiger partial charge in [-0.2, -0.15) is 0 Å². The molecule has 0 saturated heterocycles. The van der Waals surface area contributed by atoms with Crippen molar-refractivity contribution in [2.75, 3.05) is 0 Å². The van der Waals surface area contributed by atoms with Crippen LogP contribution in [0.2, 0.25) is 0 Å². The van der Waals surface area contributed by atoms with Gasteiger partial charge in [0, 0.05) is 11.5 Å². The van der Waals surface area contributed by atoms with E-state index < -0.39 is 5.82 Å². The van der Waals surface area contributed by atoms with Crippen molar-refractivity contribution in [2.45, 2.75) is 0 Å². The number of carbonyl (C=O) groups is 1. The molecule has 0 atom stereocenters. The van der Waals surface area contributed by atoms with Gasteiger partial charge in [0.2, 0.25) is 0 Å². The molecule has 0 amide bonds. The summed E-state index contributed by atoms with van der Waals surface area (Å²) in [5, 5.41) is 0.651. The summed E-state index contributed by atoms with van der Waals surface area (Å²) in [5.41, 5.74) is 1.80. The molecule has 0 aliphatic carbocycles. The summed E-state index contributed by atoms with van der Waals surface area (Å²) < 4.78 is 18.6. The van der Waals surface area contributed by atoms with E-state index >= 15 is 0 Å². The predicted octanol–water partition coefficient (Wildman–Crippen LogP) is 2.87. The van der Waals surface area contributed by atoms with Crippen LogP contribution >= 0.6 is 0 Å². The Morgan fingerprint density at radius 2 is 2.27 bits per heavy atom. The van der Waals surface area contributed by atoms with Gasteiger partial charge in [-0.3, -0.25) is 4.79 Å². The number of hydrogen-bond acceptors (Lipinski definition) is 2. The molecule has 0 unspecified atom stereocenters. The second kappa shape index (κ2) is 2.70. The Morgan fingerprint density at radius 3 is 3.07 bits per heavy atom. The number of furan rings is 1. The Morgan fingerprint density at radius 1 is 1.40 bits per heavy atom. The molecular weight excluding hydrogens is 197 g/mol. The topological polar surface area (TPSA) is 46.0 Å². The Bertz CT molecular complexity index is 666. The summed E-state index contributed by atoms with van der Waals surface area (Å²) in [6.07, 6.45) is 0.695. The molecule has 74 valence electrons. The van der Waals surface area contributed by atoms with E-state index in [2.05, 4.69) is 4.98 Å². The van der Waals surface area contributed by atoms with E-state index in [4.69, 9.17) is 4.42 Å². The van der Waals surface area contributed by atoms with Crippen LogP contribution in [0.15, 0.2) is 28.7 Å². The lowest BCUT2D eigenvalue weighted by atomic mass is 10.2. The largest absolute Gasteiger partial charge is 0.451 e. The molecular formula is C11H6FNO2. The molecule has 0 aliphatic rings. The van der Waals surface area contributed by atoms with E-state index in [1.807, 2.05) is 0 Å². The first kappa shape index (κ1) is 8.23. The Labute approximate surface area is 83.5 Å². The van der Waals surface area contributed by atoms with Gasteiger partial charge in [0.05, 0.1) is 11.2 Å². The zero-order valence-corrected chi connectivity index (χ0v) is 7.58. The maximum atomic E-state index is 13.3. The minimum atomic E-state index is -0.398. The van der Waals surface area contributed by atoms with Crippen LogP contribution in [0.1, 0.15) is 10.5 Å². The second-order valence-corrected chi connectivity index (χ2v) is 3.30. The fourth-order valence-corrected chi connectivity index (χ4v) is 1.72. The molecule has 1 N–H and O–H groups in total. The van der Waals surface area contributed by atoms with Crippen LogP contribution in [0, 0.1) is 5.82 Å². The fourth-order valence-electron chi connectivity index (χ4n) is 1.72. The molecule has 3 rings (SSSR count). The van der Waals surface area contributed by atoms with Gasteiger partial charge < -0.3 is 9.40 Å². The summed E-state index contributed by atoms with van der Waals surface area (Å²) in [7, 11) is 0. The van der Waals surface area contributed by atoms with Crippen LogP contribution in [-0.2, 0) is 0 Å². The van der Waals surface area contributed by atoms with E-state index in [1.165, 1.54) is 6.07 Å². The third-order valence-corrected chi connectivity index (χ3v) is 2.38. The number of halogens is 1. The Balaban J connectivity index is 2.50. The first-order chi connectivity index (χ1) is 7.29. The Kier molecular flexibility index (Phi) is 1.48. The van der Waals surface area contributed by atoms with E-state index in [9.17, 15) is 9.18 Å². The third-order valence-electron chi connectivity index (χ3n) is 2.38. The number of benzene rings is 1. The number of carbonyl (C=O) groups excluding carboxylic acids is 1. The molecule has 2 heterocycles. The molecule has 0 aliphatic heterocycles. The van der Waals surface area contributed by atoms with Gasteiger partial charge in [0.1, 0.15) is 0 Å². The summed E-state index contributed by atoms with van der Waals surface area (Å²) in [5.74, 6) is -0.398. The molecule has 15 heavy (non-hydrogen) atoms. The van der Waals surface area contributed by atoms with Crippen molar-refractivity contribution >= 4 is 28.4 Å². The Hall–Kier alpha value is -2.10. The standard InChI is InChI=1S/C11H6FNO2/c12-8-3-1-2-7-10-9(15-11(7)8)4-6(5-14)13-10/h1-5,13H. The van der Waals surface area contributed by atoms with Crippen molar-refractivity contribution in [1.29, 1.82) is 0 Å². The van der Waals surface area contributed by atoms with Gasteiger partial charge in [-0.1, -0.05) is 6.07 Å². The number of nitrogens with one attached hydrogen (secondary N) is 1. The molecule has 0 spiro atoms. The summed E-state index contributed by atoms with van der Waals surface area (Å²) in [6.45, 7) is 0. The van der Waals surface area contributed by atoms with Gasteiger partial charge in [-0.25, -0.2) is 4.39 Å². The molecule has 0 bridgehead atoms. The first-order valence-electron chi connectivity index (χ1n) is 4.44. The second-order valence-electron chi connectivity index (χ2n) is 3.30. The lowest BCUT2D eigenvalue weighted by molar-refractivity contribution is 0.111. The zero-order chi connectivity index (χ0) is 10.4. The lowest BCUT2D eigenvalue weighted by Crippen LogP contribution is -1.77. The normalized spacial score (nSPS) is 11.3. The minimum Gasteiger partial charge on any atom is -0.451 e. The molecule has 0 fully saturated rings. The van der Waals surface area contributed by atoms with Crippen molar-refractivity contribution in [3.63, 3.8) is 0 Å². The zero-order valence-electron chi connectivity index (χ0n) is 7.58. The lowest BCUT2D eigenvalue weighted by Gasteiger charge is -1.89. The smallest absolute Gasteiger partial charge is 0.172 e. The van der Waals surface area contributed by atoms with Crippen LogP contribution in [0.3, 0.4) is 0 Å². The van der Waals surface area contributed by atoms with Gasteiger partial charge in [-0.05, 0) is 12.1 Å². The summed E-state index contributed by atoms with van der Waals surface area (Å²) >= 11 is 0. The van der Waals surface area contributed by atoms with Crippen molar-refractivity contribution in [1.82, 2.24) is 4.98 Å². The van der Waals surface area contributed by atoms with Crippen molar-refractivity contribution in [3.05, 3.63) is 35.8 Å². The van der Waals surface area contributed by atoms with E-state index in [1.54, 1.807) is 18.2 Å². The highest BCUT2D eigenvalue weighted by Gasteiger charge is 2.12. The number of hydrogen-bond donors (Lipinski definition) is 1. The molecule has 3 aromatic rings. The van der Waals surface area contributed by atoms with Crippen molar-refractivity contribution < 1.29 is 13.6 Å². The molecule has 0 saturated carbocycles. The van der Waals surface area contributed by atoms with Crippen LogP contribution in [0.25, 0.3) is 22.1 Å². The number of aromatic amines is 1. The summed E-state index contributed by atoms with van der Waals surface area (Å²) in [4.78, 5) is 13.4. The van der Waals surface area contributed by atoms with Gasteiger partial charge in [0.25, 0.3) is 0 Å². The highest BCUT2D eigenvalue weighted by atomic mass is 19.1. The number of rotatable bonds is 1. The van der Waals surface area contributed by atoms with Gasteiger partial charge >= 0.3 is 0 Å². The molecule has 2 aromatic heterocycles. The van der Waals surface area contributed by atoms with Crippen LogP contribution in [-0.4, -0.2) is 11.3 Å². The monoisotopic (exact) mass is 203 g/mol. The number of fused-ring (bicyclic) bond motifs is 3. The highest BCUT2D eigenvalue weighted by molar-refractivity contribution is 6.04. The highest BCUT2D eigenvalue weighted by Crippen LogP contribution is 2.29. The minimum absolute atomic E-state index is 0.219. The molecule has 0 radical (unpaired) electrons. The average molecular weight is 203 g/mol. The number of H-pyrrole nitrogens is 1. The summed E-state index contributed by atoms with van der Waals surface area (Å²) in [6, 6.07) is 6.25. The van der Waals surface area contributed by atoms with Crippen LogP contribution < -0.4 is 0 Å². The van der Waals surface area contributed by atoms with Crippen molar-refractivity contribution in [2.24, 2.45) is 0 Å². The quantitative estimate of drug-likeness (QED) is 0.618. The number of para-hydroxylation sites is 1. The third kappa shape index (κ3) is 1.01. The first-order valence-corrected chi connectivity index (χ1v) is 4.44. The van der Waals surface area contributed by atoms with Crippen molar-refractivity contribution in [3.8, 4) is 0 Å². The maximum absolute atomic E-state index is 13.3.